The lowest BCUT2D eigenvalue weighted by Crippen LogP contribution is -2.27. The summed E-state index contributed by atoms with van der Waals surface area (Å²) in [6.45, 7) is 2.34. The van der Waals surface area contributed by atoms with Crippen LogP contribution in [-0.4, -0.2) is 27.0 Å². The van der Waals surface area contributed by atoms with Gasteiger partial charge in [-0.2, -0.15) is 0 Å². The molecule has 28 heavy (non-hydrogen) atoms. The summed E-state index contributed by atoms with van der Waals surface area (Å²) in [5.41, 5.74) is 2.65. The molecule has 0 aliphatic carbocycles. The van der Waals surface area contributed by atoms with Gasteiger partial charge in [-0.15, -0.1) is 11.8 Å². The Hall–Kier alpha value is -2.45. The van der Waals surface area contributed by atoms with Crippen LogP contribution in [-0.2, 0) is 17.8 Å². The monoisotopic (exact) mass is 413 g/mol. The summed E-state index contributed by atoms with van der Waals surface area (Å²) in [5.74, 6) is 1.59. The van der Waals surface area contributed by atoms with Gasteiger partial charge in [0.25, 0.3) is 5.56 Å². The average molecular weight is 414 g/mol. The van der Waals surface area contributed by atoms with E-state index in [-0.39, 0.29) is 17.2 Å². The van der Waals surface area contributed by atoms with E-state index < -0.39 is 0 Å². The zero-order valence-electron chi connectivity index (χ0n) is 15.3. The van der Waals surface area contributed by atoms with Gasteiger partial charge in [0.2, 0.25) is 5.91 Å². The molecule has 3 aromatic rings. The van der Waals surface area contributed by atoms with Gasteiger partial charge in [0.05, 0.1) is 34.8 Å². The van der Waals surface area contributed by atoms with Gasteiger partial charge in [0.15, 0.2) is 5.16 Å². The number of amides is 1. The lowest BCUT2D eigenvalue weighted by atomic mass is 10.2. The summed E-state index contributed by atoms with van der Waals surface area (Å²) in [7, 11) is 0. The number of thioether (sulfide) groups is 2. The summed E-state index contributed by atoms with van der Waals surface area (Å²) >= 11 is 2.82. The fraction of sp³-hybridized carbons (Fsp3) is 0.250. The van der Waals surface area contributed by atoms with E-state index in [2.05, 4.69) is 5.32 Å². The Bertz CT molecular complexity index is 1040. The van der Waals surface area contributed by atoms with Crippen LogP contribution in [0.4, 0.5) is 0 Å². The standard InChI is InChI=1S/C20H19N3O3S2/c1-13-4-6-14(7-5-13)23-19(25)18-16(8-10-27-18)22-20(23)28-12-17(24)21-11-15-3-2-9-26-15/h2-7,9H,8,10-12H2,1H3,(H,21,24). The Morgan fingerprint density at radius 3 is 2.89 bits per heavy atom. The van der Waals surface area contributed by atoms with Gasteiger partial charge in [-0.3, -0.25) is 14.2 Å². The topological polar surface area (TPSA) is 77.1 Å². The Labute approximate surface area is 170 Å². The molecule has 1 amide bonds. The van der Waals surface area contributed by atoms with Crippen molar-refractivity contribution >= 4 is 29.4 Å². The third kappa shape index (κ3) is 4.02. The van der Waals surface area contributed by atoms with Crippen molar-refractivity contribution in [1.29, 1.82) is 0 Å². The Balaban J connectivity index is 1.57. The SMILES string of the molecule is Cc1ccc(-n2c(SCC(=O)NCc3ccco3)nc3c(c2=O)SCC3)cc1. The Morgan fingerprint density at radius 2 is 2.14 bits per heavy atom. The Kier molecular flexibility index (Phi) is 5.59. The molecule has 2 aromatic heterocycles. The van der Waals surface area contributed by atoms with Crippen LogP contribution >= 0.6 is 23.5 Å². The van der Waals surface area contributed by atoms with E-state index in [9.17, 15) is 9.59 Å². The third-order valence-corrected chi connectivity index (χ3v) is 6.38. The lowest BCUT2D eigenvalue weighted by molar-refractivity contribution is -0.118. The van der Waals surface area contributed by atoms with Crippen LogP contribution in [0.2, 0.25) is 0 Å². The fourth-order valence-electron chi connectivity index (χ4n) is 2.89. The van der Waals surface area contributed by atoms with Gasteiger partial charge < -0.3 is 9.73 Å². The molecule has 0 radical (unpaired) electrons. The molecule has 0 spiro atoms. The highest BCUT2D eigenvalue weighted by atomic mass is 32.2. The highest BCUT2D eigenvalue weighted by Gasteiger charge is 2.23. The molecule has 1 N–H and O–H groups in total. The van der Waals surface area contributed by atoms with Gasteiger partial charge in [0, 0.05) is 12.2 Å². The number of rotatable bonds is 6. The molecule has 4 rings (SSSR count). The minimum absolute atomic E-state index is 0.0603. The highest BCUT2D eigenvalue weighted by molar-refractivity contribution is 8.00. The molecule has 0 atom stereocenters. The van der Waals surface area contributed by atoms with E-state index in [0.717, 1.165) is 29.1 Å². The van der Waals surface area contributed by atoms with Crippen molar-refractivity contribution in [3.05, 3.63) is 70.0 Å². The van der Waals surface area contributed by atoms with Gasteiger partial charge in [0.1, 0.15) is 5.76 Å². The van der Waals surface area contributed by atoms with Crippen LogP contribution in [0, 0.1) is 6.92 Å². The van der Waals surface area contributed by atoms with Crippen LogP contribution < -0.4 is 10.9 Å². The predicted octanol–water partition coefficient (Wildman–Crippen LogP) is 3.19. The van der Waals surface area contributed by atoms with E-state index in [1.54, 1.807) is 28.7 Å². The second-order valence-corrected chi connectivity index (χ2v) is 8.44. The largest absolute Gasteiger partial charge is 0.467 e. The van der Waals surface area contributed by atoms with Gasteiger partial charge in [-0.25, -0.2) is 4.98 Å². The van der Waals surface area contributed by atoms with Crippen molar-refractivity contribution in [3.8, 4) is 5.69 Å². The lowest BCUT2D eigenvalue weighted by Gasteiger charge is -2.14. The van der Waals surface area contributed by atoms with E-state index in [4.69, 9.17) is 9.40 Å². The van der Waals surface area contributed by atoms with E-state index >= 15 is 0 Å². The molecule has 0 unspecified atom stereocenters. The second kappa shape index (κ2) is 8.28. The number of carbonyl (C=O) groups is 1. The molecule has 0 saturated carbocycles. The minimum Gasteiger partial charge on any atom is -0.467 e. The van der Waals surface area contributed by atoms with Gasteiger partial charge in [-0.1, -0.05) is 29.5 Å². The number of furan rings is 1. The molecule has 1 aliphatic rings. The zero-order valence-corrected chi connectivity index (χ0v) is 16.9. The number of aromatic nitrogens is 2. The molecule has 1 aliphatic heterocycles. The summed E-state index contributed by atoms with van der Waals surface area (Å²) in [4.78, 5) is 30.7. The smallest absolute Gasteiger partial charge is 0.272 e. The molecule has 0 bridgehead atoms. The maximum absolute atomic E-state index is 13.1. The Morgan fingerprint density at radius 1 is 1.32 bits per heavy atom. The fourth-order valence-corrected chi connectivity index (χ4v) is 4.77. The zero-order chi connectivity index (χ0) is 19.5. The van der Waals surface area contributed by atoms with Crippen molar-refractivity contribution in [3.63, 3.8) is 0 Å². The normalized spacial score (nSPS) is 12.8. The highest BCUT2D eigenvalue weighted by Crippen LogP contribution is 2.30. The molecule has 0 saturated heterocycles. The number of fused-ring (bicyclic) bond motifs is 1. The quantitative estimate of drug-likeness (QED) is 0.494. The van der Waals surface area contributed by atoms with Gasteiger partial charge >= 0.3 is 0 Å². The first kappa shape index (κ1) is 18.9. The van der Waals surface area contributed by atoms with Crippen LogP contribution in [0.1, 0.15) is 17.0 Å². The molecule has 144 valence electrons. The van der Waals surface area contributed by atoms with Gasteiger partial charge in [-0.05, 0) is 31.2 Å². The van der Waals surface area contributed by atoms with E-state index in [1.807, 2.05) is 37.3 Å². The summed E-state index contributed by atoms with van der Waals surface area (Å²) < 4.78 is 6.83. The number of aryl methyl sites for hydroxylation is 2. The van der Waals surface area contributed by atoms with E-state index in [1.165, 1.54) is 11.8 Å². The molecule has 1 aromatic carbocycles. The number of benzene rings is 1. The maximum atomic E-state index is 13.1. The van der Waals surface area contributed by atoms with Crippen LogP contribution in [0.15, 0.2) is 61.9 Å². The van der Waals surface area contributed by atoms with Crippen LogP contribution in [0.3, 0.4) is 0 Å². The van der Waals surface area contributed by atoms with Crippen molar-refractivity contribution in [1.82, 2.24) is 14.9 Å². The van der Waals surface area contributed by atoms with Crippen molar-refractivity contribution in [2.75, 3.05) is 11.5 Å². The average Bonchev–Trinajstić information content (AvgIpc) is 3.37. The summed E-state index contributed by atoms with van der Waals surface area (Å²) in [6, 6.07) is 11.3. The predicted molar refractivity (Wildman–Crippen MR) is 110 cm³/mol. The van der Waals surface area contributed by atoms with E-state index in [0.29, 0.717) is 22.4 Å². The van der Waals surface area contributed by atoms with Crippen LogP contribution in [0.5, 0.6) is 0 Å². The number of nitrogens with zero attached hydrogens (tertiary/aromatic N) is 2. The number of nitrogens with one attached hydrogen (secondary N) is 1. The first-order valence-electron chi connectivity index (χ1n) is 8.89. The summed E-state index contributed by atoms with van der Waals surface area (Å²) in [5, 5.41) is 3.36. The molecule has 6 nitrogen and oxygen atoms in total. The number of carbonyl (C=O) groups excluding carboxylic acids is 1. The molecule has 3 heterocycles. The van der Waals surface area contributed by atoms with Crippen LogP contribution in [0.25, 0.3) is 5.69 Å². The minimum atomic E-state index is -0.138. The molecular formula is C20H19N3O3S2. The first-order valence-corrected chi connectivity index (χ1v) is 10.9. The summed E-state index contributed by atoms with van der Waals surface area (Å²) in [6.07, 6.45) is 2.35. The molecule has 0 fully saturated rings. The van der Waals surface area contributed by atoms with Crippen molar-refractivity contribution in [2.24, 2.45) is 0 Å². The van der Waals surface area contributed by atoms with Crippen molar-refractivity contribution < 1.29 is 9.21 Å². The maximum Gasteiger partial charge on any atom is 0.272 e. The first-order chi connectivity index (χ1) is 13.6. The molecular weight excluding hydrogens is 394 g/mol. The third-order valence-electron chi connectivity index (χ3n) is 4.33. The second-order valence-electron chi connectivity index (χ2n) is 6.39. The van der Waals surface area contributed by atoms with Crippen molar-refractivity contribution in [2.45, 2.75) is 29.9 Å². The molecule has 8 heteroatoms. The number of hydrogen-bond acceptors (Lipinski definition) is 6. The number of hydrogen-bond donors (Lipinski definition) is 1.